The Labute approximate surface area is 185 Å². The van der Waals surface area contributed by atoms with Crippen LogP contribution in [0.1, 0.15) is 66.7 Å². The maximum absolute atomic E-state index is 13.7. The Morgan fingerprint density at radius 3 is 2.61 bits per heavy atom. The van der Waals surface area contributed by atoms with Crippen molar-refractivity contribution < 1.29 is 29.0 Å². The lowest BCUT2D eigenvalue weighted by Gasteiger charge is -2.36. The second-order valence-electron chi connectivity index (χ2n) is 9.44. The van der Waals surface area contributed by atoms with Crippen LogP contribution in [0.15, 0.2) is 0 Å². The van der Waals surface area contributed by atoms with Gasteiger partial charge < -0.3 is 24.8 Å². The highest BCUT2D eigenvalue weighted by atomic mass is 16.6. The Bertz CT molecular complexity index is 710. The van der Waals surface area contributed by atoms with Gasteiger partial charge in [0, 0.05) is 6.54 Å². The van der Waals surface area contributed by atoms with Crippen molar-refractivity contribution in [2.24, 2.45) is 17.8 Å². The summed E-state index contributed by atoms with van der Waals surface area (Å²) in [7, 11) is 0. The molecule has 2 amide bonds. The average Bonchev–Trinajstić information content (AvgIpc) is 3.24. The third-order valence-electron chi connectivity index (χ3n) is 7.70. The van der Waals surface area contributed by atoms with Gasteiger partial charge in [0.1, 0.15) is 17.6 Å². The fourth-order valence-electron chi connectivity index (χ4n) is 6.06. The monoisotopic (exact) mass is 438 g/mol. The molecule has 8 nitrogen and oxygen atoms in total. The fraction of sp³-hybridized carbons (Fsp3) is 0.870. The van der Waals surface area contributed by atoms with E-state index in [-0.39, 0.29) is 30.9 Å². The zero-order chi connectivity index (χ0) is 23.0. The summed E-state index contributed by atoms with van der Waals surface area (Å²) in [5.41, 5.74) is -1.94. The van der Waals surface area contributed by atoms with E-state index in [1.807, 2.05) is 20.8 Å². The van der Waals surface area contributed by atoms with E-state index in [4.69, 9.17) is 9.47 Å². The minimum Gasteiger partial charge on any atom is -0.466 e. The predicted octanol–water partition coefficient (Wildman–Crippen LogP) is 1.64. The van der Waals surface area contributed by atoms with Crippen LogP contribution in [0.25, 0.3) is 0 Å². The number of rotatable bonds is 10. The molecule has 0 radical (unpaired) electrons. The Morgan fingerprint density at radius 1 is 1.32 bits per heavy atom. The first-order valence-corrected chi connectivity index (χ1v) is 11.8. The van der Waals surface area contributed by atoms with E-state index >= 15 is 0 Å². The molecule has 1 spiro atoms. The molecule has 2 N–H and O–H groups in total. The first kappa shape index (κ1) is 24.0. The number of hydrogen-bond acceptors (Lipinski definition) is 6. The van der Waals surface area contributed by atoms with Gasteiger partial charge in [0.15, 0.2) is 0 Å². The van der Waals surface area contributed by atoms with Crippen molar-refractivity contribution in [3.05, 3.63) is 0 Å². The summed E-state index contributed by atoms with van der Waals surface area (Å²) >= 11 is 0. The second-order valence-corrected chi connectivity index (χ2v) is 9.44. The minimum absolute atomic E-state index is 0.0181. The summed E-state index contributed by atoms with van der Waals surface area (Å²) in [6.45, 7) is 10.1. The third kappa shape index (κ3) is 3.55. The summed E-state index contributed by atoms with van der Waals surface area (Å²) in [4.78, 5) is 41.7. The summed E-state index contributed by atoms with van der Waals surface area (Å²) < 4.78 is 11.9. The van der Waals surface area contributed by atoms with E-state index < -0.39 is 41.1 Å². The quantitative estimate of drug-likeness (QED) is 0.397. The smallest absolute Gasteiger partial charge is 0.312 e. The van der Waals surface area contributed by atoms with Crippen LogP contribution in [-0.4, -0.2) is 70.8 Å². The number of hydrogen-bond donors (Lipinski definition) is 2. The van der Waals surface area contributed by atoms with Crippen molar-refractivity contribution in [3.63, 3.8) is 0 Å². The summed E-state index contributed by atoms with van der Waals surface area (Å²) in [6.07, 6.45) is 3.92. The first-order valence-electron chi connectivity index (χ1n) is 11.8. The van der Waals surface area contributed by atoms with Crippen molar-refractivity contribution in [3.8, 4) is 0 Å². The Morgan fingerprint density at radius 2 is 2.03 bits per heavy atom. The van der Waals surface area contributed by atoms with Gasteiger partial charge in [-0.2, -0.15) is 0 Å². The molecule has 3 unspecified atom stereocenters. The number of carbonyl (C=O) groups is 3. The van der Waals surface area contributed by atoms with E-state index in [1.54, 1.807) is 6.92 Å². The molecule has 3 aliphatic heterocycles. The number of carbonyl (C=O) groups excluding carboxylic acids is 3. The molecule has 176 valence electrons. The number of esters is 1. The van der Waals surface area contributed by atoms with Crippen LogP contribution in [0.5, 0.6) is 0 Å². The summed E-state index contributed by atoms with van der Waals surface area (Å²) in [6, 6.07) is -1.38. The molecule has 3 heterocycles. The van der Waals surface area contributed by atoms with Crippen molar-refractivity contribution in [2.45, 2.75) is 90.0 Å². The highest BCUT2D eigenvalue weighted by molar-refractivity contribution is 5.98. The number of fused-ring (bicyclic) bond motifs is 1. The topological polar surface area (TPSA) is 105 Å². The Balaban J connectivity index is 2.02. The SMILES string of the molecule is CCCCCNC(=O)C1N([C@@H](CC)CO)C(=O)[C@@H]2[C@@H](C(=O)OCC)[C@]3(C)OC12CC3C. The highest BCUT2D eigenvalue weighted by Gasteiger charge is 2.80. The van der Waals surface area contributed by atoms with Gasteiger partial charge in [-0.15, -0.1) is 0 Å². The van der Waals surface area contributed by atoms with Crippen LogP contribution < -0.4 is 5.32 Å². The number of amides is 2. The van der Waals surface area contributed by atoms with Gasteiger partial charge in [-0.1, -0.05) is 33.6 Å². The van der Waals surface area contributed by atoms with Crippen LogP contribution in [0.3, 0.4) is 0 Å². The molecule has 0 aromatic rings. The van der Waals surface area contributed by atoms with Crippen molar-refractivity contribution in [1.82, 2.24) is 10.2 Å². The molecule has 3 rings (SSSR count). The molecule has 3 saturated heterocycles. The fourth-order valence-corrected chi connectivity index (χ4v) is 6.06. The molecular weight excluding hydrogens is 400 g/mol. The van der Waals surface area contributed by atoms with Gasteiger partial charge in [-0.25, -0.2) is 0 Å². The van der Waals surface area contributed by atoms with Gasteiger partial charge >= 0.3 is 5.97 Å². The first-order chi connectivity index (χ1) is 14.7. The number of nitrogens with one attached hydrogen (secondary N) is 1. The average molecular weight is 439 g/mol. The van der Waals surface area contributed by atoms with Crippen molar-refractivity contribution in [2.75, 3.05) is 19.8 Å². The number of ether oxygens (including phenoxy) is 2. The Kier molecular flexibility index (Phi) is 7.01. The van der Waals surface area contributed by atoms with E-state index in [0.717, 1.165) is 19.3 Å². The van der Waals surface area contributed by atoms with E-state index in [0.29, 0.717) is 19.4 Å². The summed E-state index contributed by atoms with van der Waals surface area (Å²) in [5.74, 6) is -2.56. The minimum atomic E-state index is -1.08. The lowest BCUT2D eigenvalue weighted by molar-refractivity contribution is -0.162. The summed E-state index contributed by atoms with van der Waals surface area (Å²) in [5, 5.41) is 13.0. The highest BCUT2D eigenvalue weighted by Crippen LogP contribution is 2.65. The lowest BCUT2D eigenvalue weighted by Crippen LogP contribution is -2.58. The maximum atomic E-state index is 13.7. The molecular formula is C23H38N2O6. The van der Waals surface area contributed by atoms with Crippen LogP contribution >= 0.6 is 0 Å². The Hall–Kier alpha value is -1.67. The maximum Gasteiger partial charge on any atom is 0.312 e. The molecule has 0 aliphatic carbocycles. The van der Waals surface area contributed by atoms with Gasteiger partial charge in [0.25, 0.3) is 0 Å². The van der Waals surface area contributed by atoms with Crippen LogP contribution in [0, 0.1) is 17.8 Å². The van der Waals surface area contributed by atoms with Crippen molar-refractivity contribution >= 4 is 17.8 Å². The zero-order valence-corrected chi connectivity index (χ0v) is 19.5. The number of likely N-dealkylation sites (tertiary alicyclic amines) is 1. The molecule has 3 aliphatic rings. The molecule has 3 fully saturated rings. The molecule has 0 saturated carbocycles. The lowest BCUT2D eigenvalue weighted by atomic mass is 9.62. The molecule has 0 aromatic heterocycles. The molecule has 31 heavy (non-hydrogen) atoms. The number of nitrogens with zero attached hydrogens (tertiary/aromatic N) is 1. The van der Waals surface area contributed by atoms with Crippen LogP contribution in [0.4, 0.5) is 0 Å². The van der Waals surface area contributed by atoms with Gasteiger partial charge in [0.2, 0.25) is 11.8 Å². The van der Waals surface area contributed by atoms with E-state index in [9.17, 15) is 19.5 Å². The molecule has 2 bridgehead atoms. The van der Waals surface area contributed by atoms with Gasteiger partial charge in [-0.05, 0) is 39.0 Å². The van der Waals surface area contributed by atoms with Gasteiger partial charge in [0.05, 0.1) is 30.8 Å². The molecule has 7 atom stereocenters. The van der Waals surface area contributed by atoms with Crippen LogP contribution in [-0.2, 0) is 23.9 Å². The van der Waals surface area contributed by atoms with Gasteiger partial charge in [-0.3, -0.25) is 14.4 Å². The standard InChI is InChI=1S/C23H38N2O6/c1-6-9-10-11-24-19(27)18-23-12-14(4)22(5,31-23)17(21(29)30-8-3)16(23)20(28)25(18)15(7-2)13-26/h14-18,26H,6-13H2,1-5H3,(H,24,27)/t14?,15-,16-,17-,18?,22+,23?/m0/s1. The predicted molar refractivity (Wildman–Crippen MR) is 114 cm³/mol. The number of aliphatic hydroxyl groups is 1. The largest absolute Gasteiger partial charge is 0.466 e. The number of aliphatic hydroxyl groups excluding tert-OH is 1. The van der Waals surface area contributed by atoms with Crippen molar-refractivity contribution in [1.29, 1.82) is 0 Å². The normalized spacial score (nSPS) is 37.1. The molecule has 0 aromatic carbocycles. The van der Waals surface area contributed by atoms with E-state index in [1.165, 1.54) is 4.90 Å². The van der Waals surface area contributed by atoms with E-state index in [2.05, 4.69) is 12.2 Å². The van der Waals surface area contributed by atoms with Crippen LogP contribution in [0.2, 0.25) is 0 Å². The number of unbranched alkanes of at least 4 members (excludes halogenated alkanes) is 2. The second kappa shape index (κ2) is 9.06. The zero-order valence-electron chi connectivity index (χ0n) is 19.5. The third-order valence-corrected chi connectivity index (χ3v) is 7.70. The molecule has 8 heteroatoms.